The normalized spacial score (nSPS) is 11.5. The molecule has 0 saturated heterocycles. The minimum atomic E-state index is -0.246. The number of hydrogen-bond acceptors (Lipinski definition) is 4. The summed E-state index contributed by atoms with van der Waals surface area (Å²) in [6, 6.07) is 0. The van der Waals surface area contributed by atoms with Crippen LogP contribution in [0.25, 0.3) is 0 Å². The van der Waals surface area contributed by atoms with Gasteiger partial charge in [0.25, 0.3) is 0 Å². The molecule has 31 heavy (non-hydrogen) atoms. The lowest BCUT2D eigenvalue weighted by atomic mass is 9.81. The van der Waals surface area contributed by atoms with E-state index in [1.807, 2.05) is 0 Å². The number of rotatable bonds is 22. The number of unbranched alkanes of at least 4 members (excludes halogenated alkanes) is 11. The highest BCUT2D eigenvalue weighted by Gasteiger charge is 2.31. The van der Waals surface area contributed by atoms with Gasteiger partial charge < -0.3 is 9.47 Å². The van der Waals surface area contributed by atoms with Crippen LogP contribution in [0.4, 0.5) is 0 Å². The summed E-state index contributed by atoms with van der Waals surface area (Å²) in [6.07, 6.45) is 18.9. The fourth-order valence-electron chi connectivity index (χ4n) is 3.83. The Morgan fingerprint density at radius 1 is 0.548 bits per heavy atom. The van der Waals surface area contributed by atoms with Gasteiger partial charge >= 0.3 is 11.9 Å². The zero-order chi connectivity index (χ0) is 23.2. The molecule has 0 fully saturated rings. The minimum Gasteiger partial charge on any atom is -0.465 e. The highest BCUT2D eigenvalue weighted by Crippen LogP contribution is 2.30. The predicted octanol–water partition coefficient (Wildman–Crippen LogP) is 8.16. The first-order valence-electron chi connectivity index (χ1n) is 13.3. The van der Waals surface area contributed by atoms with Gasteiger partial charge in [0.1, 0.15) is 13.2 Å². The van der Waals surface area contributed by atoms with Gasteiger partial charge in [-0.15, -0.1) is 0 Å². The van der Waals surface area contributed by atoms with E-state index in [-0.39, 0.29) is 17.4 Å². The average molecular weight is 441 g/mol. The van der Waals surface area contributed by atoms with Gasteiger partial charge in [0, 0.05) is 18.3 Å². The topological polar surface area (TPSA) is 52.6 Å². The SMILES string of the molecule is CCCCCCCCC(=O)OCC(CC)(CCCC)COC(=O)CCCCCCCC. The summed E-state index contributed by atoms with van der Waals surface area (Å²) in [5, 5.41) is 0. The first-order valence-corrected chi connectivity index (χ1v) is 13.3. The molecule has 0 atom stereocenters. The molecule has 0 N–H and O–H groups in total. The van der Waals surface area contributed by atoms with Crippen LogP contribution in [0.2, 0.25) is 0 Å². The van der Waals surface area contributed by atoms with Crippen LogP contribution in [0.1, 0.15) is 143 Å². The fraction of sp³-hybridized carbons (Fsp3) is 0.926. The Balaban J connectivity index is 4.32. The van der Waals surface area contributed by atoms with Gasteiger partial charge in [-0.1, -0.05) is 105 Å². The van der Waals surface area contributed by atoms with E-state index in [9.17, 15) is 9.59 Å². The second-order valence-corrected chi connectivity index (χ2v) is 9.31. The molecule has 0 aliphatic carbocycles. The van der Waals surface area contributed by atoms with E-state index < -0.39 is 0 Å². The quantitative estimate of drug-likeness (QED) is 0.126. The molecule has 0 amide bonds. The molecular weight excluding hydrogens is 388 g/mol. The van der Waals surface area contributed by atoms with Crippen molar-refractivity contribution in [3.05, 3.63) is 0 Å². The van der Waals surface area contributed by atoms with Gasteiger partial charge in [-0.05, 0) is 25.7 Å². The van der Waals surface area contributed by atoms with E-state index in [0.717, 1.165) is 51.4 Å². The molecule has 4 nitrogen and oxygen atoms in total. The number of hydrogen-bond donors (Lipinski definition) is 0. The van der Waals surface area contributed by atoms with Crippen molar-refractivity contribution >= 4 is 11.9 Å². The molecular formula is C27H52O4. The standard InChI is InChI=1S/C27H52O4/c1-5-9-12-14-16-18-20-25(28)30-23-27(8-4,22-11-7-3)24-31-26(29)21-19-17-15-13-10-6-2/h5-24H2,1-4H3. The lowest BCUT2D eigenvalue weighted by Gasteiger charge is -2.31. The van der Waals surface area contributed by atoms with Crippen molar-refractivity contribution < 1.29 is 19.1 Å². The summed E-state index contributed by atoms with van der Waals surface area (Å²) in [5.74, 6) is -0.216. The van der Waals surface area contributed by atoms with Gasteiger partial charge in [0.15, 0.2) is 0 Å². The minimum absolute atomic E-state index is 0.108. The second-order valence-electron chi connectivity index (χ2n) is 9.31. The smallest absolute Gasteiger partial charge is 0.305 e. The highest BCUT2D eigenvalue weighted by atomic mass is 16.5. The Hall–Kier alpha value is -1.06. The van der Waals surface area contributed by atoms with Gasteiger partial charge in [-0.25, -0.2) is 0 Å². The van der Waals surface area contributed by atoms with E-state index in [0.29, 0.717) is 26.1 Å². The second kappa shape index (κ2) is 20.8. The van der Waals surface area contributed by atoms with Crippen LogP contribution in [-0.2, 0) is 19.1 Å². The molecule has 0 aromatic carbocycles. The molecule has 0 aliphatic heterocycles. The van der Waals surface area contributed by atoms with Crippen molar-refractivity contribution in [3.63, 3.8) is 0 Å². The zero-order valence-corrected chi connectivity index (χ0v) is 21.3. The molecule has 0 spiro atoms. The third-order valence-electron chi connectivity index (χ3n) is 6.36. The van der Waals surface area contributed by atoms with Crippen molar-refractivity contribution in [1.29, 1.82) is 0 Å². The van der Waals surface area contributed by atoms with E-state index in [1.54, 1.807) is 0 Å². The summed E-state index contributed by atoms with van der Waals surface area (Å²) >= 11 is 0. The van der Waals surface area contributed by atoms with E-state index >= 15 is 0 Å². The van der Waals surface area contributed by atoms with Gasteiger partial charge in [-0.3, -0.25) is 9.59 Å². The predicted molar refractivity (Wildman–Crippen MR) is 130 cm³/mol. The Labute approximate surface area is 193 Å². The Morgan fingerprint density at radius 2 is 0.935 bits per heavy atom. The number of ether oxygens (including phenoxy) is 2. The summed E-state index contributed by atoms with van der Waals surface area (Å²) < 4.78 is 11.3. The summed E-state index contributed by atoms with van der Waals surface area (Å²) in [6.45, 7) is 9.42. The lowest BCUT2D eigenvalue weighted by molar-refractivity contribution is -0.155. The van der Waals surface area contributed by atoms with Crippen molar-refractivity contribution in [2.75, 3.05) is 13.2 Å². The third kappa shape index (κ3) is 17.2. The summed E-state index contributed by atoms with van der Waals surface area (Å²) in [7, 11) is 0. The molecule has 4 heteroatoms. The van der Waals surface area contributed by atoms with Crippen LogP contribution in [0, 0.1) is 5.41 Å². The van der Waals surface area contributed by atoms with Gasteiger partial charge in [-0.2, -0.15) is 0 Å². The largest absolute Gasteiger partial charge is 0.465 e. The molecule has 0 aromatic rings. The van der Waals surface area contributed by atoms with Crippen molar-refractivity contribution in [1.82, 2.24) is 0 Å². The maximum Gasteiger partial charge on any atom is 0.305 e. The lowest BCUT2D eigenvalue weighted by Crippen LogP contribution is -2.34. The number of carbonyl (C=O) groups excluding carboxylic acids is 2. The molecule has 0 radical (unpaired) electrons. The molecule has 0 aromatic heterocycles. The molecule has 0 saturated carbocycles. The summed E-state index contributed by atoms with van der Waals surface area (Å²) in [4.78, 5) is 24.5. The Kier molecular flexibility index (Phi) is 20.1. The maximum absolute atomic E-state index is 12.2. The molecule has 0 aliphatic rings. The van der Waals surface area contributed by atoms with Crippen LogP contribution >= 0.6 is 0 Å². The van der Waals surface area contributed by atoms with Gasteiger partial charge in [0.2, 0.25) is 0 Å². The molecule has 0 rings (SSSR count). The first-order chi connectivity index (χ1) is 15.0. The maximum atomic E-state index is 12.2. The van der Waals surface area contributed by atoms with E-state index in [2.05, 4.69) is 27.7 Å². The first kappa shape index (κ1) is 29.9. The monoisotopic (exact) mass is 440 g/mol. The van der Waals surface area contributed by atoms with E-state index in [4.69, 9.17) is 9.47 Å². The van der Waals surface area contributed by atoms with Crippen molar-refractivity contribution in [3.8, 4) is 0 Å². The van der Waals surface area contributed by atoms with Crippen LogP contribution in [0.15, 0.2) is 0 Å². The fourth-order valence-corrected chi connectivity index (χ4v) is 3.83. The molecule has 0 unspecified atom stereocenters. The van der Waals surface area contributed by atoms with Crippen LogP contribution in [0.3, 0.4) is 0 Å². The summed E-state index contributed by atoms with van der Waals surface area (Å²) in [5.41, 5.74) is -0.246. The number of carbonyl (C=O) groups is 2. The van der Waals surface area contributed by atoms with Crippen molar-refractivity contribution in [2.24, 2.45) is 5.41 Å². The van der Waals surface area contributed by atoms with Crippen LogP contribution in [0.5, 0.6) is 0 Å². The Morgan fingerprint density at radius 3 is 1.32 bits per heavy atom. The third-order valence-corrected chi connectivity index (χ3v) is 6.36. The molecule has 0 heterocycles. The Bertz CT molecular complexity index is 401. The average Bonchev–Trinajstić information content (AvgIpc) is 2.78. The zero-order valence-electron chi connectivity index (χ0n) is 21.3. The van der Waals surface area contributed by atoms with Crippen molar-refractivity contribution in [2.45, 2.75) is 143 Å². The highest BCUT2D eigenvalue weighted by molar-refractivity contribution is 5.69. The van der Waals surface area contributed by atoms with E-state index in [1.165, 1.54) is 51.4 Å². The molecule has 0 bridgehead atoms. The van der Waals surface area contributed by atoms with Crippen LogP contribution < -0.4 is 0 Å². The number of esters is 2. The molecule has 184 valence electrons. The van der Waals surface area contributed by atoms with Gasteiger partial charge in [0.05, 0.1) is 0 Å². The van der Waals surface area contributed by atoms with Crippen LogP contribution in [-0.4, -0.2) is 25.2 Å².